The summed E-state index contributed by atoms with van der Waals surface area (Å²) in [5.74, 6) is 0.617. The summed E-state index contributed by atoms with van der Waals surface area (Å²) in [6.45, 7) is 8.09. The van der Waals surface area contributed by atoms with Gasteiger partial charge in [-0.25, -0.2) is 4.68 Å². The minimum absolute atomic E-state index is 0.617. The molecular formula is C14H19ClN4. The topological polar surface area (TPSA) is 42.7 Å². The Morgan fingerprint density at radius 3 is 2.89 bits per heavy atom. The number of hydrogen-bond donors (Lipinski definition) is 1. The molecule has 1 aromatic carbocycles. The van der Waals surface area contributed by atoms with Crippen molar-refractivity contribution in [1.29, 1.82) is 0 Å². The molecule has 5 heteroatoms. The first-order chi connectivity index (χ1) is 9.08. The van der Waals surface area contributed by atoms with E-state index in [-0.39, 0.29) is 0 Å². The third-order valence-electron chi connectivity index (χ3n) is 2.81. The Morgan fingerprint density at radius 1 is 1.37 bits per heavy atom. The Kier molecular flexibility index (Phi) is 4.56. The molecule has 0 aliphatic rings. The van der Waals surface area contributed by atoms with Crippen LogP contribution in [0, 0.1) is 12.8 Å². The van der Waals surface area contributed by atoms with Gasteiger partial charge in [0, 0.05) is 6.54 Å². The molecule has 0 aliphatic heterocycles. The number of hydrogen-bond acceptors (Lipinski definition) is 3. The number of halogens is 1. The molecule has 0 saturated carbocycles. The third kappa shape index (κ3) is 3.55. The average molecular weight is 279 g/mol. The van der Waals surface area contributed by atoms with Crippen molar-refractivity contribution in [3.63, 3.8) is 0 Å². The van der Waals surface area contributed by atoms with Crippen LogP contribution in [0.4, 0.5) is 0 Å². The van der Waals surface area contributed by atoms with Gasteiger partial charge in [0.25, 0.3) is 0 Å². The molecule has 102 valence electrons. The largest absolute Gasteiger partial charge is 0.311 e. The molecule has 0 fully saturated rings. The first-order valence-electron chi connectivity index (χ1n) is 6.44. The molecule has 2 aromatic rings. The maximum Gasteiger partial charge on any atom is 0.0856 e. The second kappa shape index (κ2) is 6.17. The smallest absolute Gasteiger partial charge is 0.0856 e. The Balaban J connectivity index is 2.21. The van der Waals surface area contributed by atoms with Crippen LogP contribution in [0.1, 0.15) is 25.1 Å². The van der Waals surface area contributed by atoms with E-state index in [4.69, 9.17) is 11.6 Å². The second-order valence-electron chi connectivity index (χ2n) is 5.12. The Morgan fingerprint density at radius 2 is 2.16 bits per heavy atom. The Labute approximate surface area is 118 Å². The average Bonchev–Trinajstić information content (AvgIpc) is 2.80. The number of aromatic nitrogens is 3. The second-order valence-corrected chi connectivity index (χ2v) is 5.52. The van der Waals surface area contributed by atoms with Gasteiger partial charge in [0.1, 0.15) is 0 Å². The first-order valence-corrected chi connectivity index (χ1v) is 6.82. The molecular weight excluding hydrogens is 260 g/mol. The molecule has 4 nitrogen and oxygen atoms in total. The van der Waals surface area contributed by atoms with E-state index in [1.807, 2.05) is 25.1 Å². The lowest BCUT2D eigenvalue weighted by molar-refractivity contribution is 0.542. The standard InChI is InChI=1S/C14H19ClN4/c1-10(2)7-16-8-12-9-17-18-19(12)14-6-11(3)4-5-13(14)15/h4-6,9-10,16H,7-8H2,1-3H3. The summed E-state index contributed by atoms with van der Waals surface area (Å²) >= 11 is 6.24. The van der Waals surface area contributed by atoms with E-state index in [2.05, 4.69) is 29.5 Å². The van der Waals surface area contributed by atoms with Gasteiger partial charge in [-0.3, -0.25) is 0 Å². The number of nitrogens with one attached hydrogen (secondary N) is 1. The summed E-state index contributed by atoms with van der Waals surface area (Å²) < 4.78 is 1.79. The highest BCUT2D eigenvalue weighted by molar-refractivity contribution is 6.32. The molecule has 0 radical (unpaired) electrons. The zero-order valence-corrected chi connectivity index (χ0v) is 12.3. The normalized spacial score (nSPS) is 11.2. The van der Waals surface area contributed by atoms with E-state index >= 15 is 0 Å². The van der Waals surface area contributed by atoms with Crippen molar-refractivity contribution in [3.05, 3.63) is 40.7 Å². The Hall–Kier alpha value is -1.39. The summed E-state index contributed by atoms with van der Waals surface area (Å²) in [5.41, 5.74) is 3.03. The summed E-state index contributed by atoms with van der Waals surface area (Å²) in [6, 6.07) is 5.89. The van der Waals surface area contributed by atoms with E-state index < -0.39 is 0 Å². The van der Waals surface area contributed by atoms with E-state index in [1.165, 1.54) is 0 Å². The molecule has 0 amide bonds. The van der Waals surface area contributed by atoms with Crippen molar-refractivity contribution in [3.8, 4) is 5.69 Å². The van der Waals surface area contributed by atoms with E-state index in [1.54, 1.807) is 10.9 Å². The van der Waals surface area contributed by atoms with Crippen LogP contribution in [-0.2, 0) is 6.54 Å². The first kappa shape index (κ1) is 14.0. The zero-order chi connectivity index (χ0) is 13.8. The maximum absolute atomic E-state index is 6.24. The van der Waals surface area contributed by atoms with Gasteiger partial charge >= 0.3 is 0 Å². The molecule has 0 spiro atoms. The lowest BCUT2D eigenvalue weighted by Crippen LogP contribution is -2.20. The van der Waals surface area contributed by atoms with Gasteiger partial charge in [-0.2, -0.15) is 0 Å². The molecule has 2 rings (SSSR count). The minimum Gasteiger partial charge on any atom is -0.311 e. The van der Waals surface area contributed by atoms with Crippen LogP contribution in [0.15, 0.2) is 24.4 Å². The van der Waals surface area contributed by atoms with Gasteiger partial charge in [-0.1, -0.05) is 36.7 Å². The van der Waals surface area contributed by atoms with Crippen molar-refractivity contribution in [2.75, 3.05) is 6.54 Å². The molecule has 0 unspecified atom stereocenters. The fraction of sp³-hybridized carbons (Fsp3) is 0.429. The quantitative estimate of drug-likeness (QED) is 0.914. The van der Waals surface area contributed by atoms with Crippen molar-refractivity contribution in [2.24, 2.45) is 5.92 Å². The van der Waals surface area contributed by atoms with E-state index in [0.29, 0.717) is 10.9 Å². The van der Waals surface area contributed by atoms with Gasteiger partial charge in [0.2, 0.25) is 0 Å². The number of aryl methyl sites for hydroxylation is 1. The molecule has 0 saturated heterocycles. The van der Waals surface area contributed by atoms with Crippen LogP contribution in [0.3, 0.4) is 0 Å². The summed E-state index contributed by atoms with van der Waals surface area (Å²) in [6.07, 6.45) is 1.77. The highest BCUT2D eigenvalue weighted by Gasteiger charge is 2.09. The molecule has 1 aromatic heterocycles. The van der Waals surface area contributed by atoms with Crippen LogP contribution in [0.2, 0.25) is 5.02 Å². The number of nitrogens with zero attached hydrogens (tertiary/aromatic N) is 3. The van der Waals surface area contributed by atoms with E-state index in [9.17, 15) is 0 Å². The molecule has 1 heterocycles. The number of rotatable bonds is 5. The van der Waals surface area contributed by atoms with Gasteiger partial charge < -0.3 is 5.32 Å². The lowest BCUT2D eigenvalue weighted by atomic mass is 10.2. The SMILES string of the molecule is Cc1ccc(Cl)c(-n2nncc2CNCC(C)C)c1. The van der Waals surface area contributed by atoms with Crippen molar-refractivity contribution in [2.45, 2.75) is 27.3 Å². The van der Waals surface area contributed by atoms with E-state index in [0.717, 1.165) is 30.0 Å². The third-order valence-corrected chi connectivity index (χ3v) is 3.13. The maximum atomic E-state index is 6.24. The summed E-state index contributed by atoms with van der Waals surface area (Å²) in [4.78, 5) is 0. The predicted molar refractivity (Wildman–Crippen MR) is 77.7 cm³/mol. The highest BCUT2D eigenvalue weighted by Crippen LogP contribution is 2.22. The lowest BCUT2D eigenvalue weighted by Gasteiger charge is -2.10. The molecule has 0 aliphatic carbocycles. The van der Waals surface area contributed by atoms with Crippen LogP contribution in [0.5, 0.6) is 0 Å². The van der Waals surface area contributed by atoms with Crippen LogP contribution >= 0.6 is 11.6 Å². The van der Waals surface area contributed by atoms with Crippen molar-refractivity contribution >= 4 is 11.6 Å². The van der Waals surface area contributed by atoms with Crippen molar-refractivity contribution < 1.29 is 0 Å². The van der Waals surface area contributed by atoms with Gasteiger partial charge in [-0.05, 0) is 37.1 Å². The van der Waals surface area contributed by atoms with Crippen LogP contribution in [-0.4, -0.2) is 21.5 Å². The molecule has 19 heavy (non-hydrogen) atoms. The van der Waals surface area contributed by atoms with Gasteiger partial charge in [-0.15, -0.1) is 5.10 Å². The summed E-state index contributed by atoms with van der Waals surface area (Å²) in [7, 11) is 0. The fourth-order valence-electron chi connectivity index (χ4n) is 1.85. The highest BCUT2D eigenvalue weighted by atomic mass is 35.5. The molecule has 0 bridgehead atoms. The predicted octanol–water partition coefficient (Wildman–Crippen LogP) is 2.97. The summed E-state index contributed by atoms with van der Waals surface area (Å²) in [5, 5.41) is 12.2. The number of benzene rings is 1. The van der Waals surface area contributed by atoms with Gasteiger partial charge in [0.05, 0.1) is 22.6 Å². The van der Waals surface area contributed by atoms with Crippen LogP contribution in [0.25, 0.3) is 5.69 Å². The molecule has 0 atom stereocenters. The fourth-order valence-corrected chi connectivity index (χ4v) is 2.05. The van der Waals surface area contributed by atoms with Crippen LogP contribution < -0.4 is 5.32 Å². The molecule has 1 N–H and O–H groups in total. The zero-order valence-electron chi connectivity index (χ0n) is 11.5. The van der Waals surface area contributed by atoms with Gasteiger partial charge in [0.15, 0.2) is 0 Å². The monoisotopic (exact) mass is 278 g/mol. The van der Waals surface area contributed by atoms with Crippen molar-refractivity contribution in [1.82, 2.24) is 20.3 Å². The Bertz CT molecular complexity index is 548. The minimum atomic E-state index is 0.617.